The fourth-order valence-corrected chi connectivity index (χ4v) is 2.40. The van der Waals surface area contributed by atoms with Crippen molar-refractivity contribution >= 4 is 29.4 Å². The Balaban J connectivity index is 1.55. The molecule has 10 nitrogen and oxygen atoms in total. The average molecular weight is 380 g/mol. The molecule has 0 saturated carbocycles. The van der Waals surface area contributed by atoms with Gasteiger partial charge in [0.25, 0.3) is 17.8 Å². The Kier molecular flexibility index (Phi) is 5.64. The first-order chi connectivity index (χ1) is 12.5. The lowest BCUT2D eigenvalue weighted by Crippen LogP contribution is -2.44. The number of halogens is 1. The lowest BCUT2D eigenvalue weighted by atomic mass is 10.2. The maximum atomic E-state index is 12.2. The third-order valence-corrected chi connectivity index (χ3v) is 4.10. The van der Waals surface area contributed by atoms with Crippen molar-refractivity contribution in [3.05, 3.63) is 34.9 Å². The van der Waals surface area contributed by atoms with E-state index in [2.05, 4.69) is 26.3 Å². The molecule has 11 heteroatoms. The number of rotatable bonds is 4. The molecule has 2 aromatic rings. The zero-order valence-corrected chi connectivity index (χ0v) is 14.8. The number of ether oxygens (including phenoxy) is 1. The molecule has 0 bridgehead atoms. The Hall–Kier alpha value is -2.72. The van der Waals surface area contributed by atoms with E-state index in [1.807, 2.05) is 4.90 Å². The molecule has 0 radical (unpaired) electrons. The van der Waals surface area contributed by atoms with Crippen molar-refractivity contribution in [3.8, 4) is 0 Å². The number of carbonyl (C=O) groups excluding carboxylic acids is 2. The first-order valence-electron chi connectivity index (χ1n) is 8.02. The van der Waals surface area contributed by atoms with E-state index < -0.39 is 17.9 Å². The Morgan fingerprint density at radius 3 is 2.58 bits per heavy atom. The third kappa shape index (κ3) is 4.27. The van der Waals surface area contributed by atoms with Gasteiger partial charge in [-0.05, 0) is 36.4 Å². The molecule has 2 amide bonds. The number of aromatic nitrogens is 4. The number of anilines is 1. The Morgan fingerprint density at radius 2 is 1.88 bits per heavy atom. The standard InChI is InChI=1S/C15H18ClN7O3/c1-10(23-20-15(19-21-23)22-6-8-26-9-7-22)13(24)17-18-14(25)11-2-4-12(16)5-3-11/h2-5,10H,6-9H2,1H3,(H,17,24)(H,18,25)/t10-/m1/s1. The van der Waals surface area contributed by atoms with Crippen LogP contribution in [0.5, 0.6) is 0 Å². The number of hydrogen-bond acceptors (Lipinski definition) is 7. The minimum absolute atomic E-state index is 0.371. The molecule has 1 aromatic carbocycles. The summed E-state index contributed by atoms with van der Waals surface area (Å²) >= 11 is 5.78. The summed E-state index contributed by atoms with van der Waals surface area (Å²) in [6.07, 6.45) is 0. The lowest BCUT2D eigenvalue weighted by Gasteiger charge is -2.24. The van der Waals surface area contributed by atoms with Crippen molar-refractivity contribution in [2.45, 2.75) is 13.0 Å². The number of benzene rings is 1. The summed E-state index contributed by atoms with van der Waals surface area (Å²) in [4.78, 5) is 27.3. The number of morpholine rings is 1. The molecule has 1 atom stereocenters. The molecule has 1 aliphatic heterocycles. The molecule has 26 heavy (non-hydrogen) atoms. The monoisotopic (exact) mass is 379 g/mol. The van der Waals surface area contributed by atoms with Gasteiger partial charge in [-0.15, -0.1) is 9.90 Å². The second kappa shape index (κ2) is 8.11. The third-order valence-electron chi connectivity index (χ3n) is 3.84. The van der Waals surface area contributed by atoms with Crippen LogP contribution in [0.25, 0.3) is 0 Å². The molecular formula is C15H18ClN7O3. The summed E-state index contributed by atoms with van der Waals surface area (Å²) in [5.41, 5.74) is 5.06. The predicted octanol–water partition coefficient (Wildman–Crippen LogP) is 0.185. The molecule has 1 aliphatic rings. The van der Waals surface area contributed by atoms with Crippen LogP contribution in [0.1, 0.15) is 23.3 Å². The largest absolute Gasteiger partial charge is 0.378 e. The van der Waals surface area contributed by atoms with Gasteiger partial charge in [0, 0.05) is 23.7 Å². The van der Waals surface area contributed by atoms with Crippen molar-refractivity contribution in [2.75, 3.05) is 31.2 Å². The molecular weight excluding hydrogens is 362 g/mol. The lowest BCUT2D eigenvalue weighted by molar-refractivity contribution is -0.125. The van der Waals surface area contributed by atoms with E-state index in [9.17, 15) is 9.59 Å². The molecule has 1 aromatic heterocycles. The molecule has 1 saturated heterocycles. The van der Waals surface area contributed by atoms with E-state index in [1.54, 1.807) is 31.2 Å². The van der Waals surface area contributed by atoms with Gasteiger partial charge in [-0.1, -0.05) is 16.7 Å². The number of hydrogen-bond donors (Lipinski definition) is 2. The Labute approximate surface area is 154 Å². The molecule has 3 rings (SSSR count). The first kappa shape index (κ1) is 18.1. The smallest absolute Gasteiger partial charge is 0.269 e. The summed E-state index contributed by atoms with van der Waals surface area (Å²) in [7, 11) is 0. The highest BCUT2D eigenvalue weighted by Crippen LogP contribution is 2.11. The maximum absolute atomic E-state index is 12.2. The number of nitrogens with zero attached hydrogens (tertiary/aromatic N) is 5. The van der Waals surface area contributed by atoms with Gasteiger partial charge in [-0.25, -0.2) is 0 Å². The van der Waals surface area contributed by atoms with Crippen molar-refractivity contribution < 1.29 is 14.3 Å². The molecule has 2 N–H and O–H groups in total. The van der Waals surface area contributed by atoms with Gasteiger partial charge < -0.3 is 9.64 Å². The molecule has 0 spiro atoms. The summed E-state index contributed by atoms with van der Waals surface area (Å²) < 4.78 is 5.27. The minimum Gasteiger partial charge on any atom is -0.378 e. The van der Waals surface area contributed by atoms with Crippen molar-refractivity contribution in [1.29, 1.82) is 0 Å². The van der Waals surface area contributed by atoms with Crippen LogP contribution in [-0.2, 0) is 9.53 Å². The summed E-state index contributed by atoms with van der Waals surface area (Å²) in [6, 6.07) is 5.55. The zero-order chi connectivity index (χ0) is 18.5. The van der Waals surface area contributed by atoms with Gasteiger partial charge in [0.15, 0.2) is 6.04 Å². The zero-order valence-electron chi connectivity index (χ0n) is 14.1. The quantitative estimate of drug-likeness (QED) is 0.728. The first-order valence-corrected chi connectivity index (χ1v) is 8.40. The van der Waals surface area contributed by atoms with Crippen LogP contribution in [0.4, 0.5) is 5.95 Å². The number of amides is 2. The highest BCUT2D eigenvalue weighted by Gasteiger charge is 2.22. The fraction of sp³-hybridized carbons (Fsp3) is 0.400. The summed E-state index contributed by atoms with van der Waals surface area (Å²) in [5, 5.41) is 12.6. The van der Waals surface area contributed by atoms with Crippen LogP contribution >= 0.6 is 11.6 Å². The molecule has 0 aliphatic carbocycles. The van der Waals surface area contributed by atoms with Crippen LogP contribution in [0.3, 0.4) is 0 Å². The Bertz CT molecular complexity index is 774. The van der Waals surface area contributed by atoms with Gasteiger partial charge in [-0.3, -0.25) is 20.4 Å². The molecule has 138 valence electrons. The average Bonchev–Trinajstić information content (AvgIpc) is 3.16. The Morgan fingerprint density at radius 1 is 1.19 bits per heavy atom. The second-order valence-corrected chi connectivity index (χ2v) is 6.07. The number of hydrazine groups is 1. The van der Waals surface area contributed by atoms with Crippen LogP contribution in [0.2, 0.25) is 5.02 Å². The van der Waals surface area contributed by atoms with Gasteiger partial charge in [0.05, 0.1) is 13.2 Å². The van der Waals surface area contributed by atoms with Gasteiger partial charge in [-0.2, -0.15) is 0 Å². The minimum atomic E-state index is -0.747. The van der Waals surface area contributed by atoms with E-state index in [0.29, 0.717) is 42.8 Å². The van der Waals surface area contributed by atoms with E-state index in [0.717, 1.165) is 0 Å². The molecule has 0 unspecified atom stereocenters. The topological polar surface area (TPSA) is 114 Å². The highest BCUT2D eigenvalue weighted by atomic mass is 35.5. The normalized spacial score (nSPS) is 15.4. The van der Waals surface area contributed by atoms with Crippen LogP contribution < -0.4 is 15.8 Å². The molecule has 1 fully saturated rings. The van der Waals surface area contributed by atoms with E-state index in [4.69, 9.17) is 16.3 Å². The highest BCUT2D eigenvalue weighted by molar-refractivity contribution is 6.30. The van der Waals surface area contributed by atoms with E-state index >= 15 is 0 Å². The van der Waals surface area contributed by atoms with Crippen molar-refractivity contribution in [2.24, 2.45) is 0 Å². The molecule has 2 heterocycles. The van der Waals surface area contributed by atoms with Crippen LogP contribution in [-0.4, -0.2) is 58.3 Å². The van der Waals surface area contributed by atoms with E-state index in [-0.39, 0.29) is 0 Å². The maximum Gasteiger partial charge on any atom is 0.269 e. The predicted molar refractivity (Wildman–Crippen MR) is 92.6 cm³/mol. The summed E-state index contributed by atoms with van der Waals surface area (Å²) in [6.45, 7) is 4.14. The fourth-order valence-electron chi connectivity index (χ4n) is 2.27. The van der Waals surface area contributed by atoms with Gasteiger partial charge in [0.2, 0.25) is 0 Å². The van der Waals surface area contributed by atoms with Gasteiger partial charge >= 0.3 is 0 Å². The number of carbonyl (C=O) groups is 2. The number of nitrogens with one attached hydrogen (secondary N) is 2. The van der Waals surface area contributed by atoms with E-state index in [1.165, 1.54) is 4.80 Å². The van der Waals surface area contributed by atoms with Crippen LogP contribution in [0.15, 0.2) is 24.3 Å². The van der Waals surface area contributed by atoms with Crippen molar-refractivity contribution in [1.82, 2.24) is 31.1 Å². The second-order valence-electron chi connectivity index (χ2n) is 5.64. The number of tetrazole rings is 1. The summed E-state index contributed by atoms with van der Waals surface area (Å²) in [5.74, 6) is -0.487. The SMILES string of the molecule is C[C@H](C(=O)NNC(=O)c1ccc(Cl)cc1)n1nnc(N2CCOCC2)n1. The van der Waals surface area contributed by atoms with Gasteiger partial charge in [0.1, 0.15) is 0 Å². The van der Waals surface area contributed by atoms with Crippen LogP contribution in [0, 0.1) is 0 Å². The van der Waals surface area contributed by atoms with Crippen molar-refractivity contribution in [3.63, 3.8) is 0 Å².